The SMILES string of the molecule is Cc1ccc(N(c2ccc(C3C=CC=CC3)cc2)c2cccc(Br)c2)cc1. The predicted molar refractivity (Wildman–Crippen MR) is 119 cm³/mol. The monoisotopic (exact) mass is 415 g/mol. The second-order valence-electron chi connectivity index (χ2n) is 6.90. The van der Waals surface area contributed by atoms with Gasteiger partial charge in [0, 0.05) is 27.5 Å². The number of nitrogens with zero attached hydrogens (tertiary/aromatic N) is 1. The Bertz CT molecular complexity index is 968. The Balaban J connectivity index is 1.73. The molecule has 0 saturated carbocycles. The Hall–Kier alpha value is -2.58. The molecule has 0 fully saturated rings. The molecule has 2 heteroatoms. The van der Waals surface area contributed by atoms with Crippen molar-refractivity contribution in [3.8, 4) is 0 Å². The number of allylic oxidation sites excluding steroid dienone is 4. The molecule has 1 aliphatic rings. The minimum absolute atomic E-state index is 0.475. The predicted octanol–water partition coefficient (Wildman–Crippen LogP) is 7.83. The van der Waals surface area contributed by atoms with E-state index in [1.165, 1.54) is 11.1 Å². The standard InChI is InChI=1S/C25H22BrN/c1-19-10-14-23(15-11-19)27(25-9-5-8-22(26)18-25)24-16-12-21(13-17-24)20-6-3-2-4-7-20/h2-6,8-18,20H,7H2,1H3. The van der Waals surface area contributed by atoms with Crippen molar-refractivity contribution in [2.45, 2.75) is 19.3 Å². The van der Waals surface area contributed by atoms with E-state index in [4.69, 9.17) is 0 Å². The van der Waals surface area contributed by atoms with Crippen LogP contribution in [0.4, 0.5) is 17.1 Å². The van der Waals surface area contributed by atoms with Crippen LogP contribution >= 0.6 is 15.9 Å². The third-order valence-corrected chi connectivity index (χ3v) is 5.41. The maximum atomic E-state index is 3.61. The number of halogens is 1. The fourth-order valence-electron chi connectivity index (χ4n) is 3.45. The van der Waals surface area contributed by atoms with Crippen molar-refractivity contribution in [2.75, 3.05) is 4.90 Å². The van der Waals surface area contributed by atoms with E-state index < -0.39 is 0 Å². The van der Waals surface area contributed by atoms with Crippen LogP contribution in [-0.4, -0.2) is 0 Å². The lowest BCUT2D eigenvalue weighted by Gasteiger charge is -2.26. The van der Waals surface area contributed by atoms with Crippen LogP contribution in [0, 0.1) is 6.92 Å². The van der Waals surface area contributed by atoms with Crippen LogP contribution < -0.4 is 4.90 Å². The molecule has 0 amide bonds. The molecule has 1 unspecified atom stereocenters. The molecule has 1 aliphatic carbocycles. The molecule has 1 atom stereocenters. The van der Waals surface area contributed by atoms with Crippen molar-refractivity contribution in [2.24, 2.45) is 0 Å². The summed E-state index contributed by atoms with van der Waals surface area (Å²) < 4.78 is 1.08. The molecular weight excluding hydrogens is 394 g/mol. The van der Waals surface area contributed by atoms with Gasteiger partial charge in [-0.05, 0) is 61.4 Å². The average Bonchev–Trinajstić information content (AvgIpc) is 2.71. The molecule has 0 N–H and O–H groups in total. The molecule has 0 saturated heterocycles. The molecule has 134 valence electrons. The van der Waals surface area contributed by atoms with Crippen LogP contribution in [0.25, 0.3) is 0 Å². The first kappa shape index (κ1) is 17.8. The maximum absolute atomic E-state index is 3.61. The number of aryl methyl sites for hydroxylation is 1. The molecule has 0 spiro atoms. The highest BCUT2D eigenvalue weighted by Crippen LogP contribution is 2.36. The van der Waals surface area contributed by atoms with Gasteiger partial charge in [-0.3, -0.25) is 0 Å². The molecular formula is C25H22BrN. The minimum Gasteiger partial charge on any atom is -0.310 e. The normalized spacial score (nSPS) is 15.7. The number of hydrogen-bond donors (Lipinski definition) is 0. The van der Waals surface area contributed by atoms with E-state index in [-0.39, 0.29) is 0 Å². The van der Waals surface area contributed by atoms with Crippen molar-refractivity contribution >= 4 is 33.0 Å². The van der Waals surface area contributed by atoms with E-state index in [0.29, 0.717) is 5.92 Å². The van der Waals surface area contributed by atoms with Crippen molar-refractivity contribution in [3.05, 3.63) is 113 Å². The summed E-state index contributed by atoms with van der Waals surface area (Å²) in [6.45, 7) is 2.12. The summed E-state index contributed by atoms with van der Waals surface area (Å²) in [6.07, 6.45) is 9.85. The third kappa shape index (κ3) is 4.06. The van der Waals surface area contributed by atoms with E-state index in [1.807, 2.05) is 0 Å². The maximum Gasteiger partial charge on any atom is 0.0472 e. The zero-order valence-corrected chi connectivity index (χ0v) is 16.9. The smallest absolute Gasteiger partial charge is 0.0472 e. The fraction of sp³-hybridized carbons (Fsp3) is 0.120. The van der Waals surface area contributed by atoms with Gasteiger partial charge in [0.15, 0.2) is 0 Å². The molecule has 0 aliphatic heterocycles. The van der Waals surface area contributed by atoms with Gasteiger partial charge < -0.3 is 4.90 Å². The molecule has 1 nitrogen and oxygen atoms in total. The second kappa shape index (κ2) is 7.98. The van der Waals surface area contributed by atoms with E-state index in [2.05, 4.69) is 125 Å². The summed E-state index contributed by atoms with van der Waals surface area (Å²) in [5.41, 5.74) is 6.09. The zero-order chi connectivity index (χ0) is 18.6. The summed E-state index contributed by atoms with van der Waals surface area (Å²) in [4.78, 5) is 2.30. The van der Waals surface area contributed by atoms with Crippen LogP contribution in [0.3, 0.4) is 0 Å². The molecule has 3 aromatic carbocycles. The largest absolute Gasteiger partial charge is 0.310 e. The van der Waals surface area contributed by atoms with Gasteiger partial charge in [0.25, 0.3) is 0 Å². The van der Waals surface area contributed by atoms with Crippen molar-refractivity contribution in [3.63, 3.8) is 0 Å². The Kier molecular flexibility index (Phi) is 5.26. The van der Waals surface area contributed by atoms with Gasteiger partial charge in [-0.1, -0.05) is 76.1 Å². The zero-order valence-electron chi connectivity index (χ0n) is 15.3. The van der Waals surface area contributed by atoms with E-state index in [9.17, 15) is 0 Å². The van der Waals surface area contributed by atoms with Crippen LogP contribution in [0.1, 0.15) is 23.5 Å². The Morgan fingerprint density at radius 1 is 0.815 bits per heavy atom. The van der Waals surface area contributed by atoms with Crippen molar-refractivity contribution in [1.29, 1.82) is 0 Å². The number of hydrogen-bond acceptors (Lipinski definition) is 1. The molecule has 0 bridgehead atoms. The van der Waals surface area contributed by atoms with Gasteiger partial charge in [-0.2, -0.15) is 0 Å². The molecule has 27 heavy (non-hydrogen) atoms. The first-order chi connectivity index (χ1) is 13.2. The van der Waals surface area contributed by atoms with E-state index in [1.54, 1.807) is 0 Å². The Morgan fingerprint density at radius 3 is 2.15 bits per heavy atom. The second-order valence-corrected chi connectivity index (χ2v) is 7.81. The molecule has 0 heterocycles. The van der Waals surface area contributed by atoms with Gasteiger partial charge >= 0.3 is 0 Å². The Morgan fingerprint density at radius 2 is 1.52 bits per heavy atom. The van der Waals surface area contributed by atoms with Crippen molar-refractivity contribution < 1.29 is 0 Å². The fourth-order valence-corrected chi connectivity index (χ4v) is 3.84. The highest BCUT2D eigenvalue weighted by molar-refractivity contribution is 9.10. The van der Waals surface area contributed by atoms with Crippen LogP contribution in [0.2, 0.25) is 0 Å². The topological polar surface area (TPSA) is 3.24 Å². The summed E-state index contributed by atoms with van der Waals surface area (Å²) in [7, 11) is 0. The van der Waals surface area contributed by atoms with Gasteiger partial charge in [0.05, 0.1) is 0 Å². The quantitative estimate of drug-likeness (QED) is 0.419. The Labute approximate surface area is 169 Å². The molecule has 3 aromatic rings. The van der Waals surface area contributed by atoms with Crippen LogP contribution in [0.5, 0.6) is 0 Å². The summed E-state index contributed by atoms with van der Waals surface area (Å²) >= 11 is 3.61. The van der Waals surface area contributed by atoms with Gasteiger partial charge in [-0.15, -0.1) is 0 Å². The average molecular weight is 416 g/mol. The van der Waals surface area contributed by atoms with Crippen LogP contribution in [-0.2, 0) is 0 Å². The lowest BCUT2D eigenvalue weighted by Crippen LogP contribution is -2.10. The number of rotatable bonds is 4. The molecule has 4 rings (SSSR count). The summed E-state index contributed by atoms with van der Waals surface area (Å²) in [5, 5.41) is 0. The first-order valence-electron chi connectivity index (χ1n) is 9.26. The van der Waals surface area contributed by atoms with Gasteiger partial charge in [0.2, 0.25) is 0 Å². The summed E-state index contributed by atoms with van der Waals surface area (Å²) in [6, 6.07) is 26.1. The minimum atomic E-state index is 0.475. The highest BCUT2D eigenvalue weighted by Gasteiger charge is 2.14. The van der Waals surface area contributed by atoms with E-state index >= 15 is 0 Å². The lowest BCUT2D eigenvalue weighted by atomic mass is 9.92. The molecule has 0 aromatic heterocycles. The first-order valence-corrected chi connectivity index (χ1v) is 10.1. The van der Waals surface area contributed by atoms with Gasteiger partial charge in [-0.25, -0.2) is 0 Å². The summed E-state index contributed by atoms with van der Waals surface area (Å²) in [5.74, 6) is 0.475. The third-order valence-electron chi connectivity index (χ3n) is 4.92. The van der Waals surface area contributed by atoms with Crippen molar-refractivity contribution in [1.82, 2.24) is 0 Å². The van der Waals surface area contributed by atoms with Gasteiger partial charge in [0.1, 0.15) is 0 Å². The molecule has 0 radical (unpaired) electrons. The number of benzene rings is 3. The van der Waals surface area contributed by atoms with E-state index in [0.717, 1.165) is 28.0 Å². The van der Waals surface area contributed by atoms with Crippen LogP contribution in [0.15, 0.2) is 102 Å². The number of anilines is 3. The highest BCUT2D eigenvalue weighted by atomic mass is 79.9. The lowest BCUT2D eigenvalue weighted by molar-refractivity contribution is 0.854.